The van der Waals surface area contributed by atoms with Crippen LogP contribution in [0.25, 0.3) is 5.69 Å². The smallest absolute Gasteiger partial charge is 0.245 e. The van der Waals surface area contributed by atoms with E-state index < -0.39 is 6.04 Å². The predicted octanol–water partition coefficient (Wildman–Crippen LogP) is 2.13. The number of benzene rings is 1. The molecule has 1 aromatic heterocycles. The van der Waals surface area contributed by atoms with E-state index in [1.54, 1.807) is 9.58 Å². The molecule has 4 rings (SSSR count). The van der Waals surface area contributed by atoms with Crippen molar-refractivity contribution in [2.45, 2.75) is 51.4 Å². The van der Waals surface area contributed by atoms with Crippen molar-refractivity contribution in [2.75, 3.05) is 6.54 Å². The van der Waals surface area contributed by atoms with Gasteiger partial charge in [-0.25, -0.2) is 4.68 Å². The summed E-state index contributed by atoms with van der Waals surface area (Å²) in [6, 6.07) is 6.85. The zero-order valence-electron chi connectivity index (χ0n) is 16.6. The highest BCUT2D eigenvalue weighted by Crippen LogP contribution is 2.25. The van der Waals surface area contributed by atoms with E-state index in [-0.39, 0.29) is 23.9 Å². The molecule has 0 spiro atoms. The van der Waals surface area contributed by atoms with Crippen LogP contribution >= 0.6 is 11.6 Å². The van der Waals surface area contributed by atoms with Crippen LogP contribution in [0.15, 0.2) is 36.7 Å². The number of nitrogens with zero attached hydrogens (tertiary/aromatic N) is 3. The fourth-order valence-corrected chi connectivity index (χ4v) is 4.29. The van der Waals surface area contributed by atoms with Crippen LogP contribution in [0.1, 0.15) is 32.3 Å². The van der Waals surface area contributed by atoms with E-state index in [9.17, 15) is 9.59 Å². The van der Waals surface area contributed by atoms with Gasteiger partial charge in [0.05, 0.1) is 11.9 Å². The Bertz CT molecular complexity index is 912. The average Bonchev–Trinajstić information content (AvgIpc) is 3.31. The van der Waals surface area contributed by atoms with Crippen molar-refractivity contribution in [2.24, 2.45) is 5.92 Å². The highest BCUT2D eigenvalue weighted by atomic mass is 35.5. The number of piperazine rings is 1. The molecule has 2 aliphatic rings. The van der Waals surface area contributed by atoms with Crippen LogP contribution in [0.5, 0.6) is 0 Å². The van der Waals surface area contributed by atoms with E-state index >= 15 is 0 Å². The summed E-state index contributed by atoms with van der Waals surface area (Å²) in [5, 5.41) is 11.4. The van der Waals surface area contributed by atoms with Crippen LogP contribution in [-0.4, -0.2) is 51.2 Å². The van der Waals surface area contributed by atoms with Crippen LogP contribution < -0.4 is 10.6 Å². The summed E-state index contributed by atoms with van der Waals surface area (Å²) in [5.41, 5.74) is 1.93. The maximum Gasteiger partial charge on any atom is 0.245 e. The molecule has 2 saturated heterocycles. The number of halogens is 1. The summed E-state index contributed by atoms with van der Waals surface area (Å²) < 4.78 is 1.79. The fourth-order valence-electron chi connectivity index (χ4n) is 4.11. The Labute approximate surface area is 175 Å². The molecule has 0 radical (unpaired) electrons. The van der Waals surface area contributed by atoms with Crippen LogP contribution in [0.3, 0.4) is 0 Å². The van der Waals surface area contributed by atoms with Gasteiger partial charge in [0.2, 0.25) is 11.8 Å². The van der Waals surface area contributed by atoms with Gasteiger partial charge in [-0.15, -0.1) is 0 Å². The standard InChI is InChI=1S/C21H26ClN5O2/c1-13(2)6-18-21(29)26-12-16(8-19(26)20(28)25-18)23-9-14-10-24-27(11-14)17-5-3-4-15(22)7-17/h3-5,7,10-11,13,16,18-19,23H,6,8-9,12H2,1-2H3,(H,25,28)/t16-,18+,19-/m0/s1. The maximum atomic E-state index is 12.8. The lowest BCUT2D eigenvalue weighted by molar-refractivity contribution is -0.147. The molecule has 0 saturated carbocycles. The lowest BCUT2D eigenvalue weighted by Crippen LogP contribution is -2.61. The summed E-state index contributed by atoms with van der Waals surface area (Å²) in [6.45, 7) is 5.30. The van der Waals surface area contributed by atoms with Crippen LogP contribution in [0.4, 0.5) is 0 Å². The molecule has 0 bridgehead atoms. The number of hydrogen-bond acceptors (Lipinski definition) is 4. The maximum absolute atomic E-state index is 12.8. The molecule has 2 amide bonds. The van der Waals surface area contributed by atoms with Gasteiger partial charge in [-0.3, -0.25) is 9.59 Å². The Balaban J connectivity index is 1.36. The van der Waals surface area contributed by atoms with Gasteiger partial charge in [0.25, 0.3) is 0 Å². The van der Waals surface area contributed by atoms with Gasteiger partial charge >= 0.3 is 0 Å². The zero-order valence-corrected chi connectivity index (χ0v) is 17.4. The van der Waals surface area contributed by atoms with Gasteiger partial charge in [-0.05, 0) is 37.0 Å². The normalized spacial score (nSPS) is 24.1. The van der Waals surface area contributed by atoms with Gasteiger partial charge in [0.1, 0.15) is 12.1 Å². The first-order valence-corrected chi connectivity index (χ1v) is 10.4. The number of nitrogens with one attached hydrogen (secondary N) is 2. The molecular formula is C21H26ClN5O2. The Morgan fingerprint density at radius 3 is 2.93 bits per heavy atom. The van der Waals surface area contributed by atoms with E-state index in [1.165, 1.54) is 0 Å². The summed E-state index contributed by atoms with van der Waals surface area (Å²) in [5.74, 6) is 0.364. The minimum absolute atomic E-state index is 0.0340. The van der Waals surface area contributed by atoms with Gasteiger partial charge < -0.3 is 15.5 Å². The number of aromatic nitrogens is 2. The van der Waals surface area contributed by atoms with E-state index in [0.717, 1.165) is 11.3 Å². The van der Waals surface area contributed by atoms with Crippen LogP contribution in [0.2, 0.25) is 5.02 Å². The Hall–Kier alpha value is -2.38. The van der Waals surface area contributed by atoms with Crippen molar-refractivity contribution in [3.63, 3.8) is 0 Å². The monoisotopic (exact) mass is 415 g/mol. The molecule has 2 aromatic rings. The number of hydrogen-bond donors (Lipinski definition) is 2. The molecule has 2 N–H and O–H groups in total. The van der Waals surface area contributed by atoms with E-state index in [2.05, 4.69) is 29.6 Å². The molecule has 29 heavy (non-hydrogen) atoms. The van der Waals surface area contributed by atoms with E-state index in [4.69, 9.17) is 11.6 Å². The molecule has 1 aromatic carbocycles. The predicted molar refractivity (Wildman–Crippen MR) is 111 cm³/mol. The summed E-state index contributed by atoms with van der Waals surface area (Å²) in [6.07, 6.45) is 5.08. The highest BCUT2D eigenvalue weighted by Gasteiger charge is 2.46. The van der Waals surface area contributed by atoms with E-state index in [0.29, 0.717) is 36.9 Å². The molecule has 0 aliphatic carbocycles. The second-order valence-electron chi connectivity index (χ2n) is 8.28. The highest BCUT2D eigenvalue weighted by molar-refractivity contribution is 6.30. The third-order valence-corrected chi connectivity index (χ3v) is 5.75. The topological polar surface area (TPSA) is 79.3 Å². The SMILES string of the molecule is CC(C)C[C@H]1NC(=O)[C@@H]2C[C@H](NCc3cnn(-c4cccc(Cl)c4)c3)CN2C1=O. The lowest BCUT2D eigenvalue weighted by atomic mass is 9.99. The van der Waals surface area contributed by atoms with Crippen molar-refractivity contribution in [3.8, 4) is 5.69 Å². The fraction of sp³-hybridized carbons (Fsp3) is 0.476. The van der Waals surface area contributed by atoms with Crippen molar-refractivity contribution < 1.29 is 9.59 Å². The molecule has 7 nitrogen and oxygen atoms in total. The quantitative estimate of drug-likeness (QED) is 0.757. The largest absolute Gasteiger partial charge is 0.342 e. The van der Waals surface area contributed by atoms with Crippen molar-refractivity contribution >= 4 is 23.4 Å². The van der Waals surface area contributed by atoms with Gasteiger partial charge in [-0.2, -0.15) is 5.10 Å². The molecular weight excluding hydrogens is 390 g/mol. The Kier molecular flexibility index (Phi) is 5.61. The summed E-state index contributed by atoms with van der Waals surface area (Å²) in [7, 11) is 0. The molecule has 3 heterocycles. The number of amides is 2. The number of fused-ring (bicyclic) bond motifs is 1. The minimum Gasteiger partial charge on any atom is -0.342 e. The lowest BCUT2D eigenvalue weighted by Gasteiger charge is -2.35. The van der Waals surface area contributed by atoms with Crippen molar-refractivity contribution in [3.05, 3.63) is 47.2 Å². The molecule has 8 heteroatoms. The third kappa shape index (κ3) is 4.31. The van der Waals surface area contributed by atoms with E-state index in [1.807, 2.05) is 36.7 Å². The van der Waals surface area contributed by atoms with Gasteiger partial charge in [0, 0.05) is 35.9 Å². The number of carbonyl (C=O) groups excluding carboxylic acids is 2. The van der Waals surface area contributed by atoms with Gasteiger partial charge in [0.15, 0.2) is 0 Å². The van der Waals surface area contributed by atoms with Crippen molar-refractivity contribution in [1.82, 2.24) is 25.3 Å². The first-order valence-electron chi connectivity index (χ1n) is 10.0. The van der Waals surface area contributed by atoms with Crippen molar-refractivity contribution in [1.29, 1.82) is 0 Å². The second kappa shape index (κ2) is 8.16. The Morgan fingerprint density at radius 1 is 1.34 bits per heavy atom. The molecule has 0 unspecified atom stereocenters. The number of rotatable bonds is 6. The number of carbonyl (C=O) groups is 2. The van der Waals surface area contributed by atoms with Gasteiger partial charge in [-0.1, -0.05) is 31.5 Å². The van der Waals surface area contributed by atoms with Crippen LogP contribution in [-0.2, 0) is 16.1 Å². The first kappa shape index (κ1) is 19.9. The molecule has 3 atom stereocenters. The molecule has 154 valence electrons. The molecule has 2 aliphatic heterocycles. The third-order valence-electron chi connectivity index (χ3n) is 5.51. The van der Waals surface area contributed by atoms with Crippen LogP contribution in [0, 0.1) is 5.92 Å². The second-order valence-corrected chi connectivity index (χ2v) is 8.72. The average molecular weight is 416 g/mol. The summed E-state index contributed by atoms with van der Waals surface area (Å²) >= 11 is 6.05. The minimum atomic E-state index is -0.395. The Morgan fingerprint density at radius 2 is 2.17 bits per heavy atom. The summed E-state index contributed by atoms with van der Waals surface area (Å²) in [4.78, 5) is 27.0. The molecule has 2 fully saturated rings. The first-order chi connectivity index (χ1) is 13.9. The zero-order chi connectivity index (χ0) is 20.5.